The van der Waals surface area contributed by atoms with Crippen molar-refractivity contribution in [1.29, 1.82) is 0 Å². The lowest BCUT2D eigenvalue weighted by Gasteiger charge is -2.28. The predicted octanol–water partition coefficient (Wildman–Crippen LogP) is 1.64. The molecule has 0 saturated heterocycles. The zero-order valence-electron chi connectivity index (χ0n) is 11.8. The van der Waals surface area contributed by atoms with Gasteiger partial charge in [-0.15, -0.1) is 0 Å². The molecule has 7 heteroatoms. The second-order valence-corrected chi connectivity index (χ2v) is 5.44. The topological polar surface area (TPSA) is 96.3 Å². The molecule has 1 saturated carbocycles. The fraction of sp³-hybridized carbons (Fsp3) is 0.615. The highest BCUT2D eigenvalue weighted by Gasteiger charge is 2.37. The number of anilines is 1. The van der Waals surface area contributed by atoms with Gasteiger partial charge >= 0.3 is 12.0 Å². The predicted molar refractivity (Wildman–Crippen MR) is 73.6 cm³/mol. The highest BCUT2D eigenvalue weighted by Crippen LogP contribution is 2.32. The summed E-state index contributed by atoms with van der Waals surface area (Å²) in [7, 11) is 1.78. The van der Waals surface area contributed by atoms with Crippen LogP contribution in [-0.2, 0) is 11.8 Å². The SMILES string of the molecule is Cc1nn(C)cc1NC(=O)NC1(CC(=O)O)CCCC1. The number of aromatic nitrogens is 2. The van der Waals surface area contributed by atoms with E-state index in [0.717, 1.165) is 18.5 Å². The minimum absolute atomic E-state index is 0.0353. The summed E-state index contributed by atoms with van der Waals surface area (Å²) in [6.45, 7) is 1.80. The van der Waals surface area contributed by atoms with Crippen LogP contribution >= 0.6 is 0 Å². The average molecular weight is 280 g/mol. The van der Waals surface area contributed by atoms with Crippen molar-refractivity contribution < 1.29 is 14.7 Å². The average Bonchev–Trinajstić information content (AvgIpc) is 2.86. The van der Waals surface area contributed by atoms with Gasteiger partial charge in [0.15, 0.2) is 0 Å². The molecule has 0 bridgehead atoms. The summed E-state index contributed by atoms with van der Waals surface area (Å²) in [5.41, 5.74) is 0.737. The van der Waals surface area contributed by atoms with Crippen LogP contribution in [0.25, 0.3) is 0 Å². The number of carboxylic acid groups (broad SMARTS) is 1. The zero-order chi connectivity index (χ0) is 14.8. The van der Waals surface area contributed by atoms with Gasteiger partial charge in [0.05, 0.1) is 23.3 Å². The molecule has 0 aromatic carbocycles. The van der Waals surface area contributed by atoms with Gasteiger partial charge in [-0.25, -0.2) is 4.79 Å². The first-order chi connectivity index (χ1) is 9.40. The van der Waals surface area contributed by atoms with Gasteiger partial charge in [0, 0.05) is 13.2 Å². The van der Waals surface area contributed by atoms with E-state index in [4.69, 9.17) is 5.11 Å². The number of nitrogens with zero attached hydrogens (tertiary/aromatic N) is 2. The number of hydrogen-bond donors (Lipinski definition) is 3. The molecule has 2 amide bonds. The van der Waals surface area contributed by atoms with Crippen molar-refractivity contribution in [2.75, 3.05) is 5.32 Å². The lowest BCUT2D eigenvalue weighted by molar-refractivity contribution is -0.138. The van der Waals surface area contributed by atoms with E-state index >= 15 is 0 Å². The fourth-order valence-corrected chi connectivity index (χ4v) is 2.80. The summed E-state index contributed by atoms with van der Waals surface area (Å²) in [6, 6.07) is -0.371. The van der Waals surface area contributed by atoms with Gasteiger partial charge in [-0.2, -0.15) is 5.10 Å². The van der Waals surface area contributed by atoms with E-state index in [-0.39, 0.29) is 12.5 Å². The number of aryl methyl sites for hydroxylation is 2. The van der Waals surface area contributed by atoms with Crippen LogP contribution in [0.3, 0.4) is 0 Å². The molecule has 1 aliphatic rings. The van der Waals surface area contributed by atoms with Crippen molar-refractivity contribution >= 4 is 17.7 Å². The Hall–Kier alpha value is -2.05. The molecule has 0 aliphatic heterocycles. The van der Waals surface area contributed by atoms with Crippen LogP contribution in [-0.4, -0.2) is 32.4 Å². The third-order valence-electron chi connectivity index (χ3n) is 3.69. The maximum atomic E-state index is 12.1. The van der Waals surface area contributed by atoms with Gasteiger partial charge in [-0.1, -0.05) is 12.8 Å². The normalized spacial score (nSPS) is 16.9. The van der Waals surface area contributed by atoms with Crippen molar-refractivity contribution in [3.05, 3.63) is 11.9 Å². The number of rotatable bonds is 4. The fourth-order valence-electron chi connectivity index (χ4n) is 2.80. The quantitative estimate of drug-likeness (QED) is 0.781. The summed E-state index contributed by atoms with van der Waals surface area (Å²) in [6.07, 6.45) is 4.98. The molecule has 110 valence electrons. The minimum Gasteiger partial charge on any atom is -0.481 e. The molecule has 20 heavy (non-hydrogen) atoms. The second kappa shape index (κ2) is 5.52. The third kappa shape index (κ3) is 3.28. The maximum absolute atomic E-state index is 12.1. The zero-order valence-corrected chi connectivity index (χ0v) is 11.8. The highest BCUT2D eigenvalue weighted by atomic mass is 16.4. The molecule has 0 atom stereocenters. The van der Waals surface area contributed by atoms with Crippen LogP contribution in [0.1, 0.15) is 37.8 Å². The number of aliphatic carboxylic acids is 1. The van der Waals surface area contributed by atoms with Crippen molar-refractivity contribution in [3.8, 4) is 0 Å². The van der Waals surface area contributed by atoms with E-state index in [0.29, 0.717) is 18.5 Å². The summed E-state index contributed by atoms with van der Waals surface area (Å²) in [5.74, 6) is -0.884. The molecule has 1 aromatic rings. The van der Waals surface area contributed by atoms with Crippen molar-refractivity contribution in [2.24, 2.45) is 7.05 Å². The molecule has 0 spiro atoms. The summed E-state index contributed by atoms with van der Waals surface area (Å²) in [4.78, 5) is 23.0. The number of hydrogen-bond acceptors (Lipinski definition) is 3. The molecule has 1 aromatic heterocycles. The van der Waals surface area contributed by atoms with Crippen molar-refractivity contribution in [1.82, 2.24) is 15.1 Å². The van der Waals surface area contributed by atoms with E-state index in [2.05, 4.69) is 15.7 Å². The van der Waals surface area contributed by atoms with E-state index < -0.39 is 11.5 Å². The van der Waals surface area contributed by atoms with Gasteiger partial charge < -0.3 is 15.7 Å². The lowest BCUT2D eigenvalue weighted by atomic mass is 9.93. The molecule has 0 unspecified atom stereocenters. The van der Waals surface area contributed by atoms with Crippen LogP contribution in [0, 0.1) is 6.92 Å². The Morgan fingerprint density at radius 1 is 1.45 bits per heavy atom. The number of carbonyl (C=O) groups excluding carboxylic acids is 1. The summed E-state index contributed by atoms with van der Waals surface area (Å²) >= 11 is 0. The number of carboxylic acids is 1. The smallest absolute Gasteiger partial charge is 0.319 e. The van der Waals surface area contributed by atoms with Gasteiger partial charge in [0.1, 0.15) is 0 Å². The second-order valence-electron chi connectivity index (χ2n) is 5.44. The number of urea groups is 1. The van der Waals surface area contributed by atoms with Crippen LogP contribution < -0.4 is 10.6 Å². The Bertz CT molecular complexity index is 518. The standard InChI is InChI=1S/C13H20N4O3/c1-9-10(8-17(2)16-9)14-12(20)15-13(7-11(18)19)5-3-4-6-13/h8H,3-7H2,1-2H3,(H,18,19)(H2,14,15,20). The number of amides is 2. The number of carbonyl (C=O) groups is 2. The molecule has 3 N–H and O–H groups in total. The van der Waals surface area contributed by atoms with Crippen LogP contribution in [0.15, 0.2) is 6.20 Å². The first kappa shape index (κ1) is 14.4. The monoisotopic (exact) mass is 280 g/mol. The van der Waals surface area contributed by atoms with Gasteiger partial charge in [-0.05, 0) is 19.8 Å². The molecule has 0 radical (unpaired) electrons. The Morgan fingerprint density at radius 2 is 2.10 bits per heavy atom. The lowest BCUT2D eigenvalue weighted by Crippen LogP contribution is -2.49. The Balaban J connectivity index is 2.02. The molecular weight excluding hydrogens is 260 g/mol. The Morgan fingerprint density at radius 3 is 2.60 bits per heavy atom. The third-order valence-corrected chi connectivity index (χ3v) is 3.69. The van der Waals surface area contributed by atoms with Crippen molar-refractivity contribution in [3.63, 3.8) is 0 Å². The van der Waals surface area contributed by atoms with Crippen molar-refractivity contribution in [2.45, 2.75) is 44.6 Å². The summed E-state index contributed by atoms with van der Waals surface area (Å²) < 4.78 is 1.62. The van der Waals surface area contributed by atoms with Crippen LogP contribution in [0.2, 0.25) is 0 Å². The maximum Gasteiger partial charge on any atom is 0.319 e. The first-order valence-corrected chi connectivity index (χ1v) is 6.71. The van der Waals surface area contributed by atoms with E-state index in [1.54, 1.807) is 24.9 Å². The van der Waals surface area contributed by atoms with E-state index in [9.17, 15) is 9.59 Å². The van der Waals surface area contributed by atoms with E-state index in [1.165, 1.54) is 0 Å². The minimum atomic E-state index is -0.884. The largest absolute Gasteiger partial charge is 0.481 e. The number of nitrogens with one attached hydrogen (secondary N) is 2. The molecule has 1 heterocycles. The van der Waals surface area contributed by atoms with Gasteiger partial charge in [-0.3, -0.25) is 9.48 Å². The molecule has 2 rings (SSSR count). The van der Waals surface area contributed by atoms with Crippen LogP contribution in [0.4, 0.5) is 10.5 Å². The van der Waals surface area contributed by atoms with Gasteiger partial charge in [0.25, 0.3) is 0 Å². The van der Waals surface area contributed by atoms with Crippen LogP contribution in [0.5, 0.6) is 0 Å². The molecule has 7 nitrogen and oxygen atoms in total. The molecule has 1 aliphatic carbocycles. The first-order valence-electron chi connectivity index (χ1n) is 6.71. The highest BCUT2D eigenvalue weighted by molar-refractivity contribution is 5.90. The molecule has 1 fully saturated rings. The van der Waals surface area contributed by atoms with E-state index in [1.807, 2.05) is 0 Å². The summed E-state index contributed by atoms with van der Waals surface area (Å²) in [5, 5.41) is 18.7. The Labute approximate surface area is 117 Å². The Kier molecular flexibility index (Phi) is 3.96. The van der Waals surface area contributed by atoms with Gasteiger partial charge in [0.2, 0.25) is 0 Å². The molecular formula is C13H20N4O3.